The summed E-state index contributed by atoms with van der Waals surface area (Å²) in [5.41, 5.74) is 1.86. The fourth-order valence-electron chi connectivity index (χ4n) is 4.47. The van der Waals surface area contributed by atoms with Gasteiger partial charge in [0.15, 0.2) is 23.1 Å². The summed E-state index contributed by atoms with van der Waals surface area (Å²) in [5, 5.41) is 3.38. The lowest BCUT2D eigenvalue weighted by Gasteiger charge is -2.20. The molecule has 1 saturated heterocycles. The number of hydrogen-bond acceptors (Lipinski definition) is 8. The summed E-state index contributed by atoms with van der Waals surface area (Å²) in [7, 11) is 3.06. The number of hydrogen-bond donors (Lipinski definition) is 1. The molecule has 4 aromatic rings. The molecule has 2 aromatic carbocycles. The lowest BCUT2D eigenvalue weighted by Crippen LogP contribution is -2.24. The molecule has 0 saturated carbocycles. The number of anilines is 2. The minimum absolute atomic E-state index is 0.173. The molecule has 0 radical (unpaired) electrons. The van der Waals surface area contributed by atoms with Crippen molar-refractivity contribution in [2.45, 2.75) is 32.2 Å². The van der Waals surface area contributed by atoms with Gasteiger partial charge in [-0.3, -0.25) is 14.2 Å². The quantitative estimate of drug-likeness (QED) is 0.402. The lowest BCUT2D eigenvalue weighted by atomic mass is 10.2. The number of fused-ring (bicyclic) bond motifs is 2. The van der Waals surface area contributed by atoms with Gasteiger partial charge in [0.2, 0.25) is 5.91 Å². The first-order valence-electron chi connectivity index (χ1n) is 12.0. The van der Waals surface area contributed by atoms with Gasteiger partial charge in [0.25, 0.3) is 5.56 Å². The molecule has 186 valence electrons. The molecule has 10 heteroatoms. The largest absolute Gasteiger partial charge is 0.493 e. The average Bonchev–Trinajstić information content (AvgIpc) is 3.44. The first-order valence-corrected chi connectivity index (χ1v) is 12.0. The second kappa shape index (κ2) is 10.2. The maximum absolute atomic E-state index is 13.0. The van der Waals surface area contributed by atoms with Crippen molar-refractivity contribution in [1.29, 1.82) is 0 Å². The number of nitrogens with zero attached hydrogens (tertiary/aromatic N) is 5. The minimum atomic E-state index is -0.196. The Bertz CT molecular complexity index is 1480. The Kier molecular flexibility index (Phi) is 6.66. The normalized spacial score (nSPS) is 13.3. The van der Waals surface area contributed by atoms with Crippen LogP contribution in [0.15, 0.2) is 47.5 Å². The number of amides is 1. The fourth-order valence-corrected chi connectivity index (χ4v) is 4.47. The number of aryl methyl sites for hydroxylation is 1. The van der Waals surface area contributed by atoms with E-state index in [4.69, 9.17) is 14.5 Å². The van der Waals surface area contributed by atoms with E-state index in [1.807, 2.05) is 24.3 Å². The predicted octanol–water partition coefficient (Wildman–Crippen LogP) is 3.38. The Labute approximate surface area is 207 Å². The number of aromatic nitrogens is 4. The summed E-state index contributed by atoms with van der Waals surface area (Å²) in [4.78, 5) is 41.8. The van der Waals surface area contributed by atoms with Crippen LogP contribution in [0.5, 0.6) is 11.5 Å². The van der Waals surface area contributed by atoms with E-state index in [1.165, 1.54) is 25.1 Å². The average molecular weight is 489 g/mol. The molecule has 2 aromatic heterocycles. The van der Waals surface area contributed by atoms with E-state index >= 15 is 0 Å². The molecule has 1 amide bonds. The molecule has 1 fully saturated rings. The van der Waals surface area contributed by atoms with Gasteiger partial charge in [0.1, 0.15) is 0 Å². The minimum Gasteiger partial charge on any atom is -0.493 e. The Morgan fingerprint density at radius 3 is 2.42 bits per heavy atom. The predicted molar refractivity (Wildman–Crippen MR) is 138 cm³/mol. The van der Waals surface area contributed by atoms with Crippen molar-refractivity contribution in [1.82, 2.24) is 19.5 Å². The zero-order valence-corrected chi connectivity index (χ0v) is 20.4. The van der Waals surface area contributed by atoms with Crippen LogP contribution in [-0.4, -0.2) is 52.7 Å². The van der Waals surface area contributed by atoms with Crippen molar-refractivity contribution in [2.75, 3.05) is 37.5 Å². The second-order valence-corrected chi connectivity index (χ2v) is 8.70. The third kappa shape index (κ3) is 4.66. The van der Waals surface area contributed by atoms with E-state index in [0.29, 0.717) is 47.0 Å². The van der Waals surface area contributed by atoms with E-state index in [2.05, 4.69) is 20.2 Å². The molecule has 10 nitrogen and oxygen atoms in total. The standard InChI is InChI=1S/C26H28N6O4/c1-35-21-14-17-20(15-22(21)36-2)27-16-32(26(17)34)13-7-10-23(33)30-24-25(31-11-5-6-12-31)29-19-9-4-3-8-18(19)28-24/h3-4,8-9,14-16H,5-7,10-13H2,1-2H3,(H,28,30,33). The van der Waals surface area contributed by atoms with Crippen molar-refractivity contribution in [3.63, 3.8) is 0 Å². The van der Waals surface area contributed by atoms with Gasteiger partial charge in [-0.2, -0.15) is 0 Å². The molecule has 0 spiro atoms. The molecule has 36 heavy (non-hydrogen) atoms. The van der Waals surface area contributed by atoms with Gasteiger partial charge in [-0.1, -0.05) is 12.1 Å². The van der Waals surface area contributed by atoms with Gasteiger partial charge < -0.3 is 19.7 Å². The number of nitrogens with one attached hydrogen (secondary N) is 1. The molecule has 1 aliphatic rings. The summed E-state index contributed by atoms with van der Waals surface area (Å²) in [5.74, 6) is 1.99. The third-order valence-electron chi connectivity index (χ3n) is 6.35. The van der Waals surface area contributed by atoms with Crippen LogP contribution in [-0.2, 0) is 11.3 Å². The highest BCUT2D eigenvalue weighted by molar-refractivity contribution is 5.94. The molecule has 0 bridgehead atoms. The van der Waals surface area contributed by atoms with Crippen molar-refractivity contribution in [3.8, 4) is 11.5 Å². The van der Waals surface area contributed by atoms with Gasteiger partial charge in [0, 0.05) is 32.1 Å². The topological polar surface area (TPSA) is 111 Å². The molecule has 0 unspecified atom stereocenters. The Morgan fingerprint density at radius 2 is 1.69 bits per heavy atom. The zero-order chi connectivity index (χ0) is 25.1. The highest BCUT2D eigenvalue weighted by atomic mass is 16.5. The number of rotatable bonds is 8. The highest BCUT2D eigenvalue weighted by Crippen LogP contribution is 2.30. The fraction of sp³-hybridized carbons (Fsp3) is 0.346. The van der Waals surface area contributed by atoms with Crippen LogP contribution in [0, 0.1) is 0 Å². The molecule has 0 aliphatic carbocycles. The van der Waals surface area contributed by atoms with Crippen molar-refractivity contribution in [2.24, 2.45) is 0 Å². The van der Waals surface area contributed by atoms with Gasteiger partial charge in [-0.15, -0.1) is 0 Å². The Balaban J connectivity index is 1.29. The third-order valence-corrected chi connectivity index (χ3v) is 6.35. The number of para-hydroxylation sites is 2. The molecular formula is C26H28N6O4. The molecule has 0 atom stereocenters. The number of carbonyl (C=O) groups is 1. The zero-order valence-electron chi connectivity index (χ0n) is 20.4. The van der Waals surface area contributed by atoms with E-state index in [-0.39, 0.29) is 17.9 Å². The summed E-state index contributed by atoms with van der Waals surface area (Å²) in [6.07, 6.45) is 4.37. The van der Waals surface area contributed by atoms with Crippen molar-refractivity contribution < 1.29 is 14.3 Å². The Morgan fingerprint density at radius 1 is 1.00 bits per heavy atom. The number of carbonyl (C=O) groups excluding carboxylic acids is 1. The number of methoxy groups -OCH3 is 2. The highest BCUT2D eigenvalue weighted by Gasteiger charge is 2.21. The number of ether oxygens (including phenoxy) is 2. The van der Waals surface area contributed by atoms with Crippen LogP contribution in [0.1, 0.15) is 25.7 Å². The Hall–Kier alpha value is -4.21. The van der Waals surface area contributed by atoms with Crippen LogP contribution in [0.2, 0.25) is 0 Å². The maximum Gasteiger partial charge on any atom is 0.261 e. The van der Waals surface area contributed by atoms with Crippen LogP contribution in [0.4, 0.5) is 11.6 Å². The van der Waals surface area contributed by atoms with Gasteiger partial charge >= 0.3 is 0 Å². The van der Waals surface area contributed by atoms with Gasteiger partial charge in [0.05, 0.1) is 42.5 Å². The van der Waals surface area contributed by atoms with E-state index in [0.717, 1.165) is 37.0 Å². The first-order chi connectivity index (χ1) is 17.6. The maximum atomic E-state index is 13.0. The molecule has 5 rings (SSSR count). The van der Waals surface area contributed by atoms with Crippen LogP contribution >= 0.6 is 0 Å². The van der Waals surface area contributed by atoms with Gasteiger partial charge in [-0.25, -0.2) is 15.0 Å². The van der Waals surface area contributed by atoms with Crippen LogP contribution < -0.4 is 25.2 Å². The molecule has 3 heterocycles. The molecule has 1 aliphatic heterocycles. The van der Waals surface area contributed by atoms with Crippen molar-refractivity contribution in [3.05, 3.63) is 53.1 Å². The summed E-state index contributed by atoms with van der Waals surface area (Å²) in [6.45, 7) is 2.14. The lowest BCUT2D eigenvalue weighted by molar-refractivity contribution is -0.116. The molecule has 1 N–H and O–H groups in total. The monoisotopic (exact) mass is 488 g/mol. The SMILES string of the molecule is COc1cc2ncn(CCCC(=O)Nc3nc4ccccc4nc3N3CCCC3)c(=O)c2cc1OC. The first kappa shape index (κ1) is 23.5. The van der Waals surface area contributed by atoms with Crippen LogP contribution in [0.25, 0.3) is 21.9 Å². The van der Waals surface area contributed by atoms with E-state index in [9.17, 15) is 9.59 Å². The number of benzene rings is 2. The summed E-state index contributed by atoms with van der Waals surface area (Å²) >= 11 is 0. The van der Waals surface area contributed by atoms with E-state index in [1.54, 1.807) is 12.1 Å². The van der Waals surface area contributed by atoms with Gasteiger partial charge in [-0.05, 0) is 37.5 Å². The van der Waals surface area contributed by atoms with Crippen LogP contribution in [0.3, 0.4) is 0 Å². The smallest absolute Gasteiger partial charge is 0.261 e. The van der Waals surface area contributed by atoms with E-state index < -0.39 is 0 Å². The second-order valence-electron chi connectivity index (χ2n) is 8.70. The summed E-state index contributed by atoms with van der Waals surface area (Å²) < 4.78 is 12.1. The summed E-state index contributed by atoms with van der Waals surface area (Å²) in [6, 6.07) is 10.9. The molecular weight excluding hydrogens is 460 g/mol. The van der Waals surface area contributed by atoms with Crippen molar-refractivity contribution >= 4 is 39.5 Å².